The fourth-order valence-corrected chi connectivity index (χ4v) is 3.47. The van der Waals surface area contributed by atoms with E-state index < -0.39 is 11.9 Å². The summed E-state index contributed by atoms with van der Waals surface area (Å²) in [5, 5.41) is 11.6. The third-order valence-corrected chi connectivity index (χ3v) is 5.19. The molecule has 33 heavy (non-hydrogen) atoms. The lowest BCUT2D eigenvalue weighted by molar-refractivity contribution is -0.135. The van der Waals surface area contributed by atoms with Crippen molar-refractivity contribution < 1.29 is 28.2 Å². The van der Waals surface area contributed by atoms with E-state index in [0.29, 0.717) is 30.9 Å². The van der Waals surface area contributed by atoms with Crippen LogP contribution >= 0.6 is 0 Å². The summed E-state index contributed by atoms with van der Waals surface area (Å²) >= 11 is 0. The first-order valence-electron chi connectivity index (χ1n) is 10.7. The maximum atomic E-state index is 15.2. The van der Waals surface area contributed by atoms with E-state index in [1.165, 1.54) is 43.5 Å². The Bertz CT molecular complexity index is 1030. The zero-order valence-electron chi connectivity index (χ0n) is 18.3. The minimum atomic E-state index is -3.20. The average molecular weight is 456 g/mol. The van der Waals surface area contributed by atoms with Crippen LogP contribution in [0.2, 0.25) is 0 Å². The molecular weight excluding hydrogens is 428 g/mol. The molecule has 0 fully saturated rings. The predicted octanol–water partition coefficient (Wildman–Crippen LogP) is 5.41. The van der Waals surface area contributed by atoms with E-state index >= 15 is 8.78 Å². The topological polar surface area (TPSA) is 67.8 Å². The van der Waals surface area contributed by atoms with Gasteiger partial charge in [-0.1, -0.05) is 42.5 Å². The molecule has 2 N–H and O–H groups in total. The summed E-state index contributed by atoms with van der Waals surface area (Å²) < 4.78 is 41.5. The quantitative estimate of drug-likeness (QED) is 0.358. The summed E-state index contributed by atoms with van der Waals surface area (Å²) in [6.07, 6.45) is 0.896. The second-order valence-electron chi connectivity index (χ2n) is 7.56. The van der Waals surface area contributed by atoms with Gasteiger partial charge in [-0.15, -0.1) is 0 Å². The van der Waals surface area contributed by atoms with Gasteiger partial charge in [-0.3, -0.25) is 4.79 Å². The van der Waals surface area contributed by atoms with Gasteiger partial charge in [0.15, 0.2) is 0 Å². The van der Waals surface area contributed by atoms with Gasteiger partial charge in [0.05, 0.1) is 13.7 Å². The molecule has 0 aliphatic heterocycles. The zero-order chi connectivity index (χ0) is 23.7. The van der Waals surface area contributed by atoms with Crippen LogP contribution < -0.4 is 14.8 Å². The minimum absolute atomic E-state index is 0.112. The molecule has 3 aromatic rings. The zero-order valence-corrected chi connectivity index (χ0v) is 18.3. The van der Waals surface area contributed by atoms with Crippen LogP contribution in [-0.4, -0.2) is 31.3 Å². The number of aliphatic carboxylic acids is 1. The van der Waals surface area contributed by atoms with Gasteiger partial charge >= 0.3 is 5.97 Å². The van der Waals surface area contributed by atoms with Crippen molar-refractivity contribution in [1.29, 1.82) is 0 Å². The number of hydrogen-bond donors (Lipinski definition) is 2. The summed E-state index contributed by atoms with van der Waals surface area (Å²) in [5.74, 6) is -3.27. The number of nitrogens with one attached hydrogen (secondary N) is 1. The van der Waals surface area contributed by atoms with Crippen LogP contribution in [0.4, 0.5) is 8.78 Å². The molecule has 0 aromatic heterocycles. The molecule has 0 aliphatic carbocycles. The first kappa shape index (κ1) is 24.2. The van der Waals surface area contributed by atoms with Crippen LogP contribution in [0.25, 0.3) is 0 Å². The van der Waals surface area contributed by atoms with Gasteiger partial charge in [-0.2, -0.15) is 8.78 Å². The number of carbonyl (C=O) groups is 1. The lowest BCUT2D eigenvalue weighted by Crippen LogP contribution is -2.24. The fourth-order valence-electron chi connectivity index (χ4n) is 3.47. The Labute approximate surface area is 192 Å². The highest BCUT2D eigenvalue weighted by Crippen LogP contribution is 2.38. The highest BCUT2D eigenvalue weighted by atomic mass is 19.3. The van der Waals surface area contributed by atoms with E-state index in [9.17, 15) is 4.79 Å². The average Bonchev–Trinajstić information content (AvgIpc) is 2.83. The Balaban J connectivity index is 1.76. The second-order valence-corrected chi connectivity index (χ2v) is 7.56. The number of methoxy groups -OCH3 is 1. The number of ether oxygens (including phenoxy) is 2. The Morgan fingerprint density at radius 2 is 1.70 bits per heavy atom. The molecule has 0 bridgehead atoms. The standard InChI is InChI=1S/C26H27F2NO4/c1-32-22-14-12-20(13-15-22)26(27,28)21-9-5-10-23(17-21)33-24(19-7-3-2-4-8-19)11-6-16-29-18-25(30)31/h2-5,7-10,12-15,17,24,29H,6,11,16,18H2,1H3,(H,30,31). The van der Waals surface area contributed by atoms with Crippen molar-refractivity contribution in [2.24, 2.45) is 0 Å². The number of carboxylic acid groups (broad SMARTS) is 1. The maximum absolute atomic E-state index is 15.2. The van der Waals surface area contributed by atoms with Crippen molar-refractivity contribution in [3.8, 4) is 11.5 Å². The summed E-state index contributed by atoms with van der Waals surface area (Å²) in [5.41, 5.74) is 0.618. The Morgan fingerprint density at radius 3 is 2.36 bits per heavy atom. The molecule has 3 aromatic carbocycles. The molecule has 1 atom stereocenters. The highest BCUT2D eigenvalue weighted by molar-refractivity contribution is 5.68. The van der Waals surface area contributed by atoms with Gasteiger partial charge in [-0.05, 0) is 61.3 Å². The van der Waals surface area contributed by atoms with Crippen molar-refractivity contribution in [3.05, 3.63) is 95.6 Å². The highest BCUT2D eigenvalue weighted by Gasteiger charge is 2.34. The van der Waals surface area contributed by atoms with Gasteiger partial charge in [0.2, 0.25) is 0 Å². The number of carboxylic acids is 1. The van der Waals surface area contributed by atoms with E-state index in [1.54, 1.807) is 12.1 Å². The second kappa shape index (κ2) is 11.4. The molecule has 0 heterocycles. The fraction of sp³-hybridized carbons (Fsp3) is 0.269. The molecule has 1 unspecified atom stereocenters. The van der Waals surface area contributed by atoms with E-state index in [2.05, 4.69) is 5.32 Å². The Kier molecular flexibility index (Phi) is 8.38. The molecule has 0 radical (unpaired) electrons. The summed E-state index contributed by atoms with van der Waals surface area (Å²) in [7, 11) is 1.49. The maximum Gasteiger partial charge on any atom is 0.317 e. The van der Waals surface area contributed by atoms with Gasteiger partial charge in [-0.25, -0.2) is 0 Å². The number of hydrogen-bond acceptors (Lipinski definition) is 4. The molecule has 0 aliphatic rings. The predicted molar refractivity (Wildman–Crippen MR) is 122 cm³/mol. The summed E-state index contributed by atoms with van der Waals surface area (Å²) in [6.45, 7) is 0.397. The Morgan fingerprint density at radius 1 is 0.970 bits per heavy atom. The largest absolute Gasteiger partial charge is 0.497 e. The van der Waals surface area contributed by atoms with Gasteiger partial charge < -0.3 is 19.9 Å². The molecular formula is C26H27F2NO4. The molecule has 174 valence electrons. The molecule has 0 amide bonds. The van der Waals surface area contributed by atoms with E-state index in [0.717, 1.165) is 5.56 Å². The van der Waals surface area contributed by atoms with E-state index in [4.69, 9.17) is 14.6 Å². The number of halogens is 2. The van der Waals surface area contributed by atoms with Crippen LogP contribution in [0.1, 0.15) is 35.6 Å². The minimum Gasteiger partial charge on any atom is -0.497 e. The summed E-state index contributed by atoms with van der Waals surface area (Å²) in [6, 6.07) is 21.2. The normalized spacial score (nSPS) is 12.2. The van der Waals surface area contributed by atoms with Gasteiger partial charge in [0.1, 0.15) is 17.6 Å². The van der Waals surface area contributed by atoms with Crippen LogP contribution in [0.15, 0.2) is 78.9 Å². The molecule has 0 saturated carbocycles. The number of benzene rings is 3. The van der Waals surface area contributed by atoms with Crippen molar-refractivity contribution >= 4 is 5.97 Å². The van der Waals surface area contributed by atoms with E-state index in [1.807, 2.05) is 30.3 Å². The lowest BCUT2D eigenvalue weighted by atomic mass is 10.00. The van der Waals surface area contributed by atoms with Crippen molar-refractivity contribution in [3.63, 3.8) is 0 Å². The molecule has 3 rings (SSSR count). The van der Waals surface area contributed by atoms with Crippen LogP contribution in [0.5, 0.6) is 11.5 Å². The third kappa shape index (κ3) is 6.76. The lowest BCUT2D eigenvalue weighted by Gasteiger charge is -2.22. The van der Waals surface area contributed by atoms with Crippen LogP contribution in [-0.2, 0) is 10.7 Å². The van der Waals surface area contributed by atoms with Crippen molar-refractivity contribution in [2.75, 3.05) is 20.2 Å². The Hall–Kier alpha value is -3.45. The van der Waals surface area contributed by atoms with Gasteiger partial charge in [0.25, 0.3) is 5.92 Å². The monoisotopic (exact) mass is 455 g/mol. The van der Waals surface area contributed by atoms with Crippen molar-refractivity contribution in [2.45, 2.75) is 24.9 Å². The molecule has 0 saturated heterocycles. The molecule has 7 heteroatoms. The third-order valence-electron chi connectivity index (χ3n) is 5.19. The first-order valence-corrected chi connectivity index (χ1v) is 10.7. The summed E-state index contributed by atoms with van der Waals surface area (Å²) in [4.78, 5) is 10.7. The first-order chi connectivity index (χ1) is 15.9. The van der Waals surface area contributed by atoms with Gasteiger partial charge in [0, 0.05) is 11.1 Å². The SMILES string of the molecule is COc1ccc(C(F)(F)c2cccc(OC(CCCNCC(=O)O)c3ccccc3)c2)cc1. The van der Waals surface area contributed by atoms with Crippen LogP contribution in [0, 0.1) is 0 Å². The number of rotatable bonds is 12. The molecule has 0 spiro atoms. The smallest absolute Gasteiger partial charge is 0.317 e. The number of alkyl halides is 2. The van der Waals surface area contributed by atoms with Crippen LogP contribution in [0.3, 0.4) is 0 Å². The van der Waals surface area contributed by atoms with E-state index in [-0.39, 0.29) is 23.8 Å². The molecule has 5 nitrogen and oxygen atoms in total. The van der Waals surface area contributed by atoms with Crippen molar-refractivity contribution in [1.82, 2.24) is 5.32 Å².